The molecule has 1 aromatic rings. The highest BCUT2D eigenvalue weighted by atomic mass is 16.3. The van der Waals surface area contributed by atoms with Crippen LogP contribution in [-0.2, 0) is 6.54 Å². The molecule has 2 heterocycles. The van der Waals surface area contributed by atoms with Gasteiger partial charge in [0.05, 0.1) is 6.54 Å². The van der Waals surface area contributed by atoms with Crippen molar-refractivity contribution in [3.63, 3.8) is 0 Å². The van der Waals surface area contributed by atoms with Gasteiger partial charge in [0.25, 0.3) is 0 Å². The van der Waals surface area contributed by atoms with Gasteiger partial charge in [-0.15, -0.1) is 0 Å². The fourth-order valence-corrected chi connectivity index (χ4v) is 2.50. The predicted octanol–water partition coefficient (Wildman–Crippen LogP) is 2.44. The summed E-state index contributed by atoms with van der Waals surface area (Å²) in [7, 11) is 0. The number of aliphatic imine (C=N–C) groups is 1. The number of nitrogens with two attached hydrogens (primary N) is 1. The molecule has 1 unspecified atom stereocenters. The Morgan fingerprint density at radius 2 is 2.33 bits per heavy atom. The molecule has 100 valence electrons. The maximum Gasteiger partial charge on any atom is 0.191 e. The minimum absolute atomic E-state index is 0.611. The van der Waals surface area contributed by atoms with Gasteiger partial charge in [0.2, 0.25) is 0 Å². The molecule has 1 atom stereocenters. The van der Waals surface area contributed by atoms with E-state index in [0.29, 0.717) is 18.4 Å². The standard InChI is InChI=1S/C14H23N3O/c1-10-5-4-6-17(9-10)14(15)16-8-13-7-11(2)18-12(13)3/h7,10H,4-6,8-9H2,1-3H3,(H2,15,16). The summed E-state index contributed by atoms with van der Waals surface area (Å²) in [5.41, 5.74) is 7.19. The topological polar surface area (TPSA) is 54.8 Å². The Kier molecular flexibility index (Phi) is 3.94. The Hall–Kier alpha value is -1.45. The summed E-state index contributed by atoms with van der Waals surface area (Å²) in [5.74, 6) is 3.25. The number of guanidine groups is 1. The van der Waals surface area contributed by atoms with Crippen LogP contribution in [-0.4, -0.2) is 23.9 Å². The van der Waals surface area contributed by atoms with E-state index in [1.54, 1.807) is 0 Å². The first-order valence-corrected chi connectivity index (χ1v) is 6.67. The van der Waals surface area contributed by atoms with Gasteiger partial charge in [-0.05, 0) is 38.7 Å². The van der Waals surface area contributed by atoms with Crippen molar-refractivity contribution in [1.82, 2.24) is 4.90 Å². The molecule has 1 aliphatic rings. The van der Waals surface area contributed by atoms with Gasteiger partial charge in [0.15, 0.2) is 5.96 Å². The third kappa shape index (κ3) is 3.06. The van der Waals surface area contributed by atoms with Crippen LogP contribution in [0.15, 0.2) is 15.5 Å². The largest absolute Gasteiger partial charge is 0.466 e. The Balaban J connectivity index is 1.98. The second kappa shape index (κ2) is 5.46. The zero-order chi connectivity index (χ0) is 13.1. The molecule has 0 amide bonds. The van der Waals surface area contributed by atoms with Gasteiger partial charge >= 0.3 is 0 Å². The average molecular weight is 249 g/mol. The zero-order valence-corrected chi connectivity index (χ0v) is 11.6. The summed E-state index contributed by atoms with van der Waals surface area (Å²) in [6.45, 7) is 8.86. The first kappa shape index (κ1) is 13.0. The van der Waals surface area contributed by atoms with Crippen LogP contribution in [0.5, 0.6) is 0 Å². The first-order chi connectivity index (χ1) is 8.56. The SMILES string of the molecule is Cc1cc(CN=C(N)N2CCCC(C)C2)c(C)o1. The van der Waals surface area contributed by atoms with Crippen molar-refractivity contribution in [3.05, 3.63) is 23.2 Å². The molecule has 1 fully saturated rings. The summed E-state index contributed by atoms with van der Waals surface area (Å²) in [5, 5.41) is 0. The molecule has 0 spiro atoms. The van der Waals surface area contributed by atoms with Crippen LogP contribution in [0.4, 0.5) is 0 Å². The zero-order valence-electron chi connectivity index (χ0n) is 11.6. The molecule has 4 nitrogen and oxygen atoms in total. The van der Waals surface area contributed by atoms with Crippen molar-refractivity contribution in [3.8, 4) is 0 Å². The van der Waals surface area contributed by atoms with Crippen LogP contribution >= 0.6 is 0 Å². The molecule has 4 heteroatoms. The van der Waals surface area contributed by atoms with E-state index in [0.717, 1.165) is 30.2 Å². The molecule has 1 saturated heterocycles. The lowest BCUT2D eigenvalue weighted by atomic mass is 10.0. The molecule has 2 N–H and O–H groups in total. The summed E-state index contributed by atoms with van der Waals surface area (Å²) in [4.78, 5) is 6.68. The lowest BCUT2D eigenvalue weighted by Crippen LogP contribution is -2.43. The molecule has 0 saturated carbocycles. The summed E-state index contributed by atoms with van der Waals surface area (Å²) in [6.07, 6.45) is 2.51. The monoisotopic (exact) mass is 249 g/mol. The minimum Gasteiger partial charge on any atom is -0.466 e. The number of nitrogens with zero attached hydrogens (tertiary/aromatic N) is 2. The second-order valence-electron chi connectivity index (χ2n) is 5.31. The van der Waals surface area contributed by atoms with Crippen LogP contribution in [0, 0.1) is 19.8 Å². The fraction of sp³-hybridized carbons (Fsp3) is 0.643. The minimum atomic E-state index is 0.611. The number of piperidine rings is 1. The van der Waals surface area contributed by atoms with Crippen LogP contribution in [0.25, 0.3) is 0 Å². The van der Waals surface area contributed by atoms with E-state index >= 15 is 0 Å². The normalized spacial score (nSPS) is 21.4. The third-order valence-electron chi connectivity index (χ3n) is 3.54. The smallest absolute Gasteiger partial charge is 0.191 e. The summed E-state index contributed by atoms with van der Waals surface area (Å²) < 4.78 is 5.49. The highest BCUT2D eigenvalue weighted by Gasteiger charge is 2.17. The van der Waals surface area contributed by atoms with E-state index in [1.165, 1.54) is 12.8 Å². The number of hydrogen-bond acceptors (Lipinski definition) is 2. The van der Waals surface area contributed by atoms with Crippen LogP contribution in [0.1, 0.15) is 36.8 Å². The molecule has 1 aliphatic heterocycles. The van der Waals surface area contributed by atoms with Crippen molar-refractivity contribution in [2.75, 3.05) is 13.1 Å². The first-order valence-electron chi connectivity index (χ1n) is 6.67. The summed E-state index contributed by atoms with van der Waals surface area (Å²) >= 11 is 0. The highest BCUT2D eigenvalue weighted by Crippen LogP contribution is 2.17. The van der Waals surface area contributed by atoms with E-state index in [9.17, 15) is 0 Å². The Bertz CT molecular complexity index is 436. The number of likely N-dealkylation sites (tertiary alicyclic amines) is 1. The van der Waals surface area contributed by atoms with Gasteiger partial charge in [-0.2, -0.15) is 0 Å². The van der Waals surface area contributed by atoms with Gasteiger partial charge < -0.3 is 15.1 Å². The van der Waals surface area contributed by atoms with Gasteiger partial charge in [-0.3, -0.25) is 0 Å². The van der Waals surface area contributed by atoms with E-state index in [1.807, 2.05) is 19.9 Å². The van der Waals surface area contributed by atoms with E-state index in [4.69, 9.17) is 10.2 Å². The molecular formula is C14H23N3O. The number of furan rings is 1. The molecular weight excluding hydrogens is 226 g/mol. The second-order valence-corrected chi connectivity index (χ2v) is 5.31. The maximum absolute atomic E-state index is 6.06. The molecule has 0 aliphatic carbocycles. The number of rotatable bonds is 2. The predicted molar refractivity (Wildman–Crippen MR) is 73.5 cm³/mol. The number of hydrogen-bond donors (Lipinski definition) is 1. The van der Waals surface area contributed by atoms with Gasteiger partial charge in [-0.1, -0.05) is 6.92 Å². The van der Waals surface area contributed by atoms with Crippen molar-refractivity contribution in [2.45, 2.75) is 40.2 Å². The molecule has 2 rings (SSSR count). The molecule has 0 aromatic carbocycles. The highest BCUT2D eigenvalue weighted by molar-refractivity contribution is 5.78. The van der Waals surface area contributed by atoms with Gasteiger partial charge in [0.1, 0.15) is 11.5 Å². The van der Waals surface area contributed by atoms with Gasteiger partial charge in [-0.25, -0.2) is 4.99 Å². The molecule has 0 radical (unpaired) electrons. The summed E-state index contributed by atoms with van der Waals surface area (Å²) in [6, 6.07) is 2.03. The quantitative estimate of drug-likeness (QED) is 0.647. The Morgan fingerprint density at radius 3 is 2.94 bits per heavy atom. The molecule has 1 aromatic heterocycles. The maximum atomic E-state index is 6.06. The lowest BCUT2D eigenvalue weighted by molar-refractivity contribution is 0.270. The van der Waals surface area contributed by atoms with E-state index < -0.39 is 0 Å². The van der Waals surface area contributed by atoms with E-state index in [2.05, 4.69) is 16.8 Å². The van der Waals surface area contributed by atoms with Crippen LogP contribution in [0.2, 0.25) is 0 Å². The van der Waals surface area contributed by atoms with Crippen LogP contribution in [0.3, 0.4) is 0 Å². The lowest BCUT2D eigenvalue weighted by Gasteiger charge is -2.31. The average Bonchev–Trinajstić information content (AvgIpc) is 2.65. The van der Waals surface area contributed by atoms with Crippen molar-refractivity contribution >= 4 is 5.96 Å². The molecule has 0 bridgehead atoms. The number of aryl methyl sites for hydroxylation is 2. The fourth-order valence-electron chi connectivity index (χ4n) is 2.50. The van der Waals surface area contributed by atoms with Gasteiger partial charge in [0, 0.05) is 18.7 Å². The van der Waals surface area contributed by atoms with Crippen molar-refractivity contribution in [1.29, 1.82) is 0 Å². The van der Waals surface area contributed by atoms with Crippen molar-refractivity contribution in [2.24, 2.45) is 16.6 Å². The third-order valence-corrected chi connectivity index (χ3v) is 3.54. The van der Waals surface area contributed by atoms with Crippen LogP contribution < -0.4 is 5.73 Å². The Labute approximate surface area is 109 Å². The van der Waals surface area contributed by atoms with E-state index in [-0.39, 0.29) is 0 Å². The Morgan fingerprint density at radius 1 is 1.56 bits per heavy atom. The van der Waals surface area contributed by atoms with Crippen molar-refractivity contribution < 1.29 is 4.42 Å². The molecule has 18 heavy (non-hydrogen) atoms.